The summed E-state index contributed by atoms with van der Waals surface area (Å²) >= 11 is 0. The van der Waals surface area contributed by atoms with Gasteiger partial charge in [0.05, 0.1) is 0 Å². The maximum Gasteiger partial charge on any atom is 0.298 e. The molecule has 0 spiro atoms. The van der Waals surface area contributed by atoms with Gasteiger partial charge < -0.3 is 4.74 Å². The van der Waals surface area contributed by atoms with E-state index >= 15 is 0 Å². The van der Waals surface area contributed by atoms with Crippen molar-refractivity contribution < 1.29 is 9.53 Å². The lowest BCUT2D eigenvalue weighted by Gasteiger charge is -2.03. The molecule has 0 unspecified atom stereocenters. The average molecular weight is 249 g/mol. The zero-order chi connectivity index (χ0) is 12.8. The van der Waals surface area contributed by atoms with E-state index in [9.17, 15) is 4.79 Å². The van der Waals surface area contributed by atoms with Crippen molar-refractivity contribution >= 4 is 18.2 Å². The summed E-state index contributed by atoms with van der Waals surface area (Å²) in [4.78, 5) is 10.4. The molecule has 1 aliphatic carbocycles. The summed E-state index contributed by atoms with van der Waals surface area (Å²) in [6.45, 7) is 0.428. The quantitative estimate of drug-likeness (QED) is 0.648. The molecule has 2 aromatic carbocycles. The molecule has 2 aromatic rings. The van der Waals surface area contributed by atoms with Crippen LogP contribution in [0.15, 0.2) is 45.8 Å². The predicted molar refractivity (Wildman–Crippen MR) is 67.4 cm³/mol. The number of benzene rings is 2. The van der Waals surface area contributed by atoms with Crippen LogP contribution in [0.4, 0.5) is 5.69 Å². The summed E-state index contributed by atoms with van der Waals surface area (Å²) in [6.07, 6.45) is 2.04. The van der Waals surface area contributed by atoms with Crippen molar-refractivity contribution in [3.63, 3.8) is 0 Å². The minimum Gasteiger partial charge on any atom is -0.429 e. The number of rotatable bonds is 2. The van der Waals surface area contributed by atoms with Crippen LogP contribution in [-0.4, -0.2) is 6.47 Å². The van der Waals surface area contributed by atoms with Crippen LogP contribution in [0.25, 0.3) is 17.2 Å². The van der Waals surface area contributed by atoms with Crippen LogP contribution in [0.3, 0.4) is 0 Å². The standard InChI is InChI=1S/C14H7N3O2/c18-7-19-10-1-2-11-8(4-10)3-9-5-13-14(6-12(9)11)16-17-15-13/h1-7H. The second kappa shape index (κ2) is 3.58. The normalized spacial score (nSPS) is 13.1. The highest BCUT2D eigenvalue weighted by molar-refractivity contribution is 5.84. The molecule has 19 heavy (non-hydrogen) atoms. The Bertz CT molecular complexity index is 869. The van der Waals surface area contributed by atoms with Gasteiger partial charge in [0.15, 0.2) is 0 Å². The molecule has 1 aliphatic heterocycles. The molecule has 0 radical (unpaired) electrons. The summed E-state index contributed by atoms with van der Waals surface area (Å²) in [5.74, 6) is 0.537. The fourth-order valence-corrected chi connectivity index (χ4v) is 2.43. The fraction of sp³-hybridized carbons (Fsp3) is 0. The first-order valence-electron chi connectivity index (χ1n) is 5.74. The predicted octanol–water partition coefficient (Wildman–Crippen LogP) is 1.66. The van der Waals surface area contributed by atoms with Crippen molar-refractivity contribution in [2.24, 2.45) is 15.4 Å². The van der Waals surface area contributed by atoms with Crippen LogP contribution in [0, 0.1) is 0 Å². The van der Waals surface area contributed by atoms with Crippen LogP contribution in [0.2, 0.25) is 0 Å². The molecule has 4 rings (SSSR count). The highest BCUT2D eigenvalue weighted by atomic mass is 16.5. The van der Waals surface area contributed by atoms with Crippen LogP contribution in [0.1, 0.15) is 5.56 Å². The smallest absolute Gasteiger partial charge is 0.298 e. The van der Waals surface area contributed by atoms with Gasteiger partial charge in [-0.15, -0.1) is 10.2 Å². The Morgan fingerprint density at radius 3 is 2.95 bits per heavy atom. The third kappa shape index (κ3) is 1.41. The molecule has 0 atom stereocenters. The van der Waals surface area contributed by atoms with Crippen LogP contribution < -0.4 is 15.3 Å². The van der Waals surface area contributed by atoms with Gasteiger partial charge in [0, 0.05) is 0 Å². The molecular formula is C14H7N3O2. The second-order valence-corrected chi connectivity index (χ2v) is 4.33. The Hall–Kier alpha value is -2.82. The molecule has 90 valence electrons. The topological polar surface area (TPSA) is 63.4 Å². The molecule has 5 nitrogen and oxygen atoms in total. The molecular weight excluding hydrogens is 242 g/mol. The Morgan fingerprint density at radius 1 is 1.11 bits per heavy atom. The van der Waals surface area contributed by atoms with Crippen LogP contribution in [-0.2, 0) is 4.79 Å². The number of hydrogen-bond acceptors (Lipinski definition) is 5. The van der Waals surface area contributed by atoms with Gasteiger partial charge in [-0.3, -0.25) is 4.79 Å². The Balaban J connectivity index is 1.95. The van der Waals surface area contributed by atoms with Gasteiger partial charge in [0.2, 0.25) is 0 Å². The first-order chi connectivity index (χ1) is 9.35. The third-order valence-electron chi connectivity index (χ3n) is 3.26. The van der Waals surface area contributed by atoms with Crippen molar-refractivity contribution in [3.8, 4) is 16.9 Å². The molecule has 5 heteroatoms. The van der Waals surface area contributed by atoms with E-state index in [1.165, 1.54) is 0 Å². The van der Waals surface area contributed by atoms with Crippen molar-refractivity contribution in [2.45, 2.75) is 0 Å². The van der Waals surface area contributed by atoms with Crippen LogP contribution >= 0.6 is 0 Å². The molecule has 0 saturated carbocycles. The van der Waals surface area contributed by atoms with Crippen LogP contribution in [0.5, 0.6) is 5.75 Å². The Morgan fingerprint density at radius 2 is 2.05 bits per heavy atom. The summed E-state index contributed by atoms with van der Waals surface area (Å²) in [6, 6.07) is 9.49. The summed E-state index contributed by atoms with van der Waals surface area (Å²) in [5, 5.41) is 13.4. The van der Waals surface area contributed by atoms with E-state index < -0.39 is 0 Å². The number of carbonyl (C=O) groups is 1. The Kier molecular flexibility index (Phi) is 1.91. The highest BCUT2D eigenvalue weighted by Crippen LogP contribution is 2.30. The first-order valence-corrected chi connectivity index (χ1v) is 5.74. The van der Waals surface area contributed by atoms with Gasteiger partial charge in [0.1, 0.15) is 16.8 Å². The maximum absolute atomic E-state index is 10.4. The van der Waals surface area contributed by atoms with E-state index in [2.05, 4.69) is 15.4 Å². The largest absolute Gasteiger partial charge is 0.429 e. The summed E-state index contributed by atoms with van der Waals surface area (Å²) in [7, 11) is 0. The molecule has 2 aliphatic rings. The van der Waals surface area contributed by atoms with Gasteiger partial charge in [-0.2, -0.15) is 0 Å². The van der Waals surface area contributed by atoms with Crippen molar-refractivity contribution in [1.29, 1.82) is 0 Å². The molecule has 0 fully saturated rings. The zero-order valence-electron chi connectivity index (χ0n) is 9.70. The monoisotopic (exact) mass is 249 g/mol. The van der Waals surface area contributed by atoms with Crippen molar-refractivity contribution in [1.82, 2.24) is 0 Å². The molecule has 0 N–H and O–H groups in total. The minimum absolute atomic E-state index is 0.428. The number of nitrogens with zero attached hydrogens (tertiary/aromatic N) is 3. The highest BCUT2D eigenvalue weighted by Gasteiger charge is 2.15. The van der Waals surface area contributed by atoms with Crippen molar-refractivity contribution in [2.75, 3.05) is 0 Å². The fourth-order valence-electron chi connectivity index (χ4n) is 2.43. The zero-order valence-corrected chi connectivity index (χ0v) is 9.70. The van der Waals surface area contributed by atoms with Gasteiger partial charge >= 0.3 is 0 Å². The van der Waals surface area contributed by atoms with E-state index in [0.29, 0.717) is 12.2 Å². The number of hydrogen-bond donors (Lipinski definition) is 0. The van der Waals surface area contributed by atoms with Gasteiger partial charge in [-0.25, -0.2) is 0 Å². The number of fused-ring (bicyclic) bond motifs is 4. The number of carbonyl (C=O) groups excluding carboxylic acids is 1. The van der Waals surface area contributed by atoms with Gasteiger partial charge in [-0.05, 0) is 57.5 Å². The second-order valence-electron chi connectivity index (χ2n) is 4.33. The first kappa shape index (κ1) is 10.1. The average Bonchev–Trinajstić information content (AvgIpc) is 2.98. The number of ether oxygens (including phenoxy) is 1. The van der Waals surface area contributed by atoms with E-state index in [1.807, 2.05) is 30.3 Å². The van der Waals surface area contributed by atoms with E-state index in [0.717, 1.165) is 33.0 Å². The molecule has 0 amide bonds. The lowest BCUT2D eigenvalue weighted by Crippen LogP contribution is -2.08. The molecule has 0 saturated heterocycles. The Labute approximate surface area is 107 Å². The minimum atomic E-state index is 0.428. The van der Waals surface area contributed by atoms with Crippen molar-refractivity contribution in [3.05, 3.63) is 46.5 Å². The summed E-state index contributed by atoms with van der Waals surface area (Å²) in [5.41, 5.74) is 4.00. The SMILES string of the molecule is O=COc1ccc2c(c1)C=c1cc3c(cc1-2)=NN=N3. The third-order valence-corrected chi connectivity index (χ3v) is 3.26. The van der Waals surface area contributed by atoms with E-state index in [4.69, 9.17) is 4.74 Å². The van der Waals surface area contributed by atoms with E-state index in [-0.39, 0.29) is 0 Å². The molecule has 1 heterocycles. The lowest BCUT2D eigenvalue weighted by molar-refractivity contribution is -0.120. The van der Waals surface area contributed by atoms with Gasteiger partial charge in [0.25, 0.3) is 6.47 Å². The maximum atomic E-state index is 10.4. The summed E-state index contributed by atoms with van der Waals surface area (Å²) < 4.78 is 4.86. The van der Waals surface area contributed by atoms with E-state index in [1.54, 1.807) is 6.07 Å². The molecule has 0 aromatic heterocycles. The lowest BCUT2D eigenvalue weighted by atomic mass is 10.0. The molecule has 0 bridgehead atoms. The van der Waals surface area contributed by atoms with Gasteiger partial charge in [-0.1, -0.05) is 6.07 Å².